The molecule has 1 aliphatic rings. The van der Waals surface area contributed by atoms with Crippen LogP contribution in [0, 0.1) is 3.57 Å². The molecule has 0 aromatic carbocycles. The Kier molecular flexibility index (Phi) is 3.22. The van der Waals surface area contributed by atoms with Crippen molar-refractivity contribution in [3.05, 3.63) is 21.9 Å². The van der Waals surface area contributed by atoms with Gasteiger partial charge in [0.15, 0.2) is 0 Å². The van der Waals surface area contributed by atoms with Crippen molar-refractivity contribution >= 4 is 28.4 Å². The highest BCUT2D eigenvalue weighted by molar-refractivity contribution is 14.1. The van der Waals surface area contributed by atoms with Gasteiger partial charge in [-0.15, -0.1) is 0 Å². The summed E-state index contributed by atoms with van der Waals surface area (Å²) in [6, 6.07) is 4.10. The maximum absolute atomic E-state index is 9.65. The third-order valence-corrected chi connectivity index (χ3v) is 3.43. The monoisotopic (exact) mass is 304 g/mol. The van der Waals surface area contributed by atoms with Crippen molar-refractivity contribution < 1.29 is 5.11 Å². The van der Waals surface area contributed by atoms with Gasteiger partial charge in [0.25, 0.3) is 0 Å². The maximum atomic E-state index is 9.65. The second-order valence-electron chi connectivity index (χ2n) is 3.58. The normalized spacial score (nSPS) is 26.4. The molecule has 0 radical (unpaired) electrons. The molecule has 0 saturated heterocycles. The lowest BCUT2D eigenvalue weighted by Gasteiger charge is -2.17. The van der Waals surface area contributed by atoms with E-state index in [1.54, 1.807) is 6.20 Å². The summed E-state index contributed by atoms with van der Waals surface area (Å²) in [5.74, 6) is 0.888. The number of rotatable bonds is 2. The molecule has 1 aromatic rings. The van der Waals surface area contributed by atoms with E-state index in [1.165, 1.54) is 0 Å². The van der Waals surface area contributed by atoms with E-state index in [0.29, 0.717) is 0 Å². The molecule has 1 aliphatic carbocycles. The van der Waals surface area contributed by atoms with Crippen LogP contribution in [0.4, 0.5) is 5.82 Å². The Morgan fingerprint density at radius 1 is 1.50 bits per heavy atom. The third-order valence-electron chi connectivity index (χ3n) is 2.56. The molecule has 2 unspecified atom stereocenters. The average Bonchev–Trinajstić information content (AvgIpc) is 2.56. The molecular formula is C10H13IN2O. The molecule has 2 rings (SSSR count). The van der Waals surface area contributed by atoms with Crippen molar-refractivity contribution in [2.24, 2.45) is 0 Å². The summed E-state index contributed by atoms with van der Waals surface area (Å²) in [5.41, 5.74) is 0. The number of aliphatic hydroxyl groups is 1. The standard InChI is InChI=1S/C10H13IN2O/c11-7-3-2-6-12-10(7)13-8-4-1-5-9(8)14/h2-3,6,8-9,14H,1,4-5H2,(H,12,13). The van der Waals surface area contributed by atoms with Crippen LogP contribution in [0.15, 0.2) is 18.3 Å². The van der Waals surface area contributed by atoms with Crippen LogP contribution in [-0.2, 0) is 0 Å². The smallest absolute Gasteiger partial charge is 0.139 e. The van der Waals surface area contributed by atoms with Crippen molar-refractivity contribution in [3.8, 4) is 0 Å². The van der Waals surface area contributed by atoms with Gasteiger partial charge in [-0.1, -0.05) is 0 Å². The second kappa shape index (κ2) is 4.44. The Morgan fingerprint density at radius 2 is 2.36 bits per heavy atom. The van der Waals surface area contributed by atoms with Gasteiger partial charge in [0.1, 0.15) is 5.82 Å². The summed E-state index contributed by atoms with van der Waals surface area (Å²) in [7, 11) is 0. The molecule has 14 heavy (non-hydrogen) atoms. The van der Waals surface area contributed by atoms with E-state index in [9.17, 15) is 5.11 Å². The van der Waals surface area contributed by atoms with E-state index in [-0.39, 0.29) is 12.1 Å². The van der Waals surface area contributed by atoms with Crippen LogP contribution in [0.1, 0.15) is 19.3 Å². The molecule has 2 atom stereocenters. The molecule has 0 aliphatic heterocycles. The van der Waals surface area contributed by atoms with Crippen molar-refractivity contribution in [1.82, 2.24) is 4.98 Å². The van der Waals surface area contributed by atoms with Crippen LogP contribution < -0.4 is 5.32 Å². The van der Waals surface area contributed by atoms with E-state index >= 15 is 0 Å². The molecule has 1 saturated carbocycles. The van der Waals surface area contributed by atoms with Crippen LogP contribution in [0.5, 0.6) is 0 Å². The minimum atomic E-state index is -0.215. The number of halogens is 1. The largest absolute Gasteiger partial charge is 0.391 e. The highest BCUT2D eigenvalue weighted by atomic mass is 127. The molecular weight excluding hydrogens is 291 g/mol. The zero-order valence-electron chi connectivity index (χ0n) is 7.78. The van der Waals surface area contributed by atoms with Gasteiger partial charge < -0.3 is 10.4 Å². The van der Waals surface area contributed by atoms with Crippen LogP contribution in [-0.4, -0.2) is 22.2 Å². The lowest BCUT2D eigenvalue weighted by atomic mass is 10.2. The van der Waals surface area contributed by atoms with Crippen LogP contribution in [0.25, 0.3) is 0 Å². The molecule has 1 heterocycles. The molecule has 0 spiro atoms. The minimum Gasteiger partial charge on any atom is -0.391 e. The summed E-state index contributed by atoms with van der Waals surface area (Å²) < 4.78 is 1.10. The highest BCUT2D eigenvalue weighted by Crippen LogP contribution is 2.24. The first-order chi connectivity index (χ1) is 6.77. The summed E-state index contributed by atoms with van der Waals surface area (Å²) in [5, 5.41) is 12.9. The van der Waals surface area contributed by atoms with Crippen molar-refractivity contribution in [2.75, 3.05) is 5.32 Å². The molecule has 1 aromatic heterocycles. The molecule has 3 nitrogen and oxygen atoms in total. The lowest BCUT2D eigenvalue weighted by Crippen LogP contribution is -2.28. The fourth-order valence-corrected chi connectivity index (χ4v) is 2.28. The quantitative estimate of drug-likeness (QED) is 0.822. The average molecular weight is 304 g/mol. The number of anilines is 1. The number of hydrogen-bond acceptors (Lipinski definition) is 3. The lowest BCUT2D eigenvalue weighted by molar-refractivity contribution is 0.171. The van der Waals surface area contributed by atoms with E-state index < -0.39 is 0 Å². The zero-order valence-corrected chi connectivity index (χ0v) is 9.94. The number of hydrogen-bond donors (Lipinski definition) is 2. The Hall–Kier alpha value is -0.360. The number of aromatic nitrogens is 1. The summed E-state index contributed by atoms with van der Waals surface area (Å²) in [6.45, 7) is 0. The zero-order chi connectivity index (χ0) is 9.97. The van der Waals surface area contributed by atoms with Gasteiger partial charge in [-0.2, -0.15) is 0 Å². The van der Waals surface area contributed by atoms with Gasteiger partial charge in [-0.25, -0.2) is 4.98 Å². The first-order valence-corrected chi connectivity index (χ1v) is 5.90. The van der Waals surface area contributed by atoms with E-state index in [1.807, 2.05) is 12.1 Å². The van der Waals surface area contributed by atoms with Crippen LogP contribution in [0.2, 0.25) is 0 Å². The third kappa shape index (κ3) is 2.17. The second-order valence-corrected chi connectivity index (χ2v) is 4.75. The Morgan fingerprint density at radius 3 is 3.00 bits per heavy atom. The number of aliphatic hydroxyl groups excluding tert-OH is 1. The van der Waals surface area contributed by atoms with Gasteiger partial charge >= 0.3 is 0 Å². The number of nitrogens with zero attached hydrogens (tertiary/aromatic N) is 1. The predicted molar refractivity (Wildman–Crippen MR) is 64.2 cm³/mol. The Bertz CT molecular complexity index is 319. The highest BCUT2D eigenvalue weighted by Gasteiger charge is 2.25. The molecule has 1 fully saturated rings. The first kappa shape index (κ1) is 10.2. The summed E-state index contributed by atoms with van der Waals surface area (Å²) >= 11 is 2.25. The fraction of sp³-hybridized carbons (Fsp3) is 0.500. The fourth-order valence-electron chi connectivity index (χ4n) is 1.78. The van der Waals surface area contributed by atoms with Gasteiger partial charge in [0, 0.05) is 6.20 Å². The van der Waals surface area contributed by atoms with Crippen LogP contribution in [0.3, 0.4) is 0 Å². The number of nitrogens with one attached hydrogen (secondary N) is 1. The van der Waals surface area contributed by atoms with E-state index in [2.05, 4.69) is 32.9 Å². The van der Waals surface area contributed by atoms with Gasteiger partial charge in [-0.3, -0.25) is 0 Å². The van der Waals surface area contributed by atoms with Crippen molar-refractivity contribution in [2.45, 2.75) is 31.4 Å². The van der Waals surface area contributed by atoms with Crippen molar-refractivity contribution in [3.63, 3.8) is 0 Å². The first-order valence-electron chi connectivity index (χ1n) is 4.82. The molecule has 2 N–H and O–H groups in total. The van der Waals surface area contributed by atoms with Crippen molar-refractivity contribution in [1.29, 1.82) is 0 Å². The predicted octanol–water partition coefficient (Wildman–Crippen LogP) is 2.01. The van der Waals surface area contributed by atoms with E-state index in [4.69, 9.17) is 0 Å². The minimum absolute atomic E-state index is 0.179. The van der Waals surface area contributed by atoms with Gasteiger partial charge in [-0.05, 0) is 54.0 Å². The SMILES string of the molecule is OC1CCCC1Nc1ncccc1I. The molecule has 0 bridgehead atoms. The van der Waals surface area contributed by atoms with Crippen LogP contribution >= 0.6 is 22.6 Å². The van der Waals surface area contributed by atoms with Gasteiger partial charge in [0.05, 0.1) is 15.7 Å². The Labute approximate surface area is 97.1 Å². The summed E-state index contributed by atoms with van der Waals surface area (Å²) in [4.78, 5) is 4.25. The number of pyridine rings is 1. The molecule has 0 amide bonds. The van der Waals surface area contributed by atoms with E-state index in [0.717, 1.165) is 28.7 Å². The maximum Gasteiger partial charge on any atom is 0.139 e. The molecule has 4 heteroatoms. The molecule has 76 valence electrons. The topological polar surface area (TPSA) is 45.1 Å². The van der Waals surface area contributed by atoms with Gasteiger partial charge in [0.2, 0.25) is 0 Å². The Balaban J connectivity index is 2.07. The summed E-state index contributed by atoms with van der Waals surface area (Å²) in [6.07, 6.45) is 4.59.